The zero-order chi connectivity index (χ0) is 13.8. The molecule has 1 aromatic heterocycles. The fourth-order valence-corrected chi connectivity index (χ4v) is 2.81. The first kappa shape index (κ1) is 13.6. The Morgan fingerprint density at radius 2 is 1.95 bits per heavy atom. The number of nitriles is 1. The van der Waals surface area contributed by atoms with Gasteiger partial charge in [-0.15, -0.1) is 11.3 Å². The van der Waals surface area contributed by atoms with Crippen LogP contribution in [0.15, 0.2) is 18.2 Å². The summed E-state index contributed by atoms with van der Waals surface area (Å²) in [6.45, 7) is 6.52. The number of aromatic nitrogens is 1. The lowest BCUT2D eigenvalue weighted by Gasteiger charge is -2.06. The van der Waals surface area contributed by atoms with Gasteiger partial charge in [0.05, 0.1) is 5.69 Å². The van der Waals surface area contributed by atoms with Crippen molar-refractivity contribution in [2.45, 2.75) is 33.8 Å². The Morgan fingerprint density at radius 1 is 1.26 bits per heavy atom. The number of ether oxygens (including phenoxy) is 1. The smallest absolute Gasteiger partial charge is 0.140 e. The summed E-state index contributed by atoms with van der Waals surface area (Å²) in [5.74, 6) is 0.851. The third kappa shape index (κ3) is 3.33. The lowest BCUT2D eigenvalue weighted by molar-refractivity contribution is 0.305. The van der Waals surface area contributed by atoms with Crippen LogP contribution in [-0.4, -0.2) is 4.98 Å². The summed E-state index contributed by atoms with van der Waals surface area (Å²) in [5, 5.41) is 9.85. The number of hydrogen-bond acceptors (Lipinski definition) is 4. The largest absolute Gasteiger partial charge is 0.486 e. The molecule has 98 valence electrons. The van der Waals surface area contributed by atoms with Crippen molar-refractivity contribution >= 4 is 11.3 Å². The molecule has 0 spiro atoms. The molecule has 0 aliphatic carbocycles. The van der Waals surface area contributed by atoms with Crippen LogP contribution in [0.5, 0.6) is 5.75 Å². The van der Waals surface area contributed by atoms with Crippen LogP contribution >= 0.6 is 11.3 Å². The zero-order valence-corrected chi connectivity index (χ0v) is 12.2. The van der Waals surface area contributed by atoms with Gasteiger partial charge in [0.25, 0.3) is 0 Å². The quantitative estimate of drug-likeness (QED) is 0.851. The molecule has 0 N–H and O–H groups in total. The second-order valence-corrected chi connectivity index (χ2v) is 5.54. The lowest BCUT2D eigenvalue weighted by atomic mass is 10.1. The van der Waals surface area contributed by atoms with Crippen LogP contribution in [0.3, 0.4) is 0 Å². The van der Waals surface area contributed by atoms with Gasteiger partial charge in [0, 0.05) is 0 Å². The van der Waals surface area contributed by atoms with E-state index in [0.717, 1.165) is 22.9 Å². The van der Waals surface area contributed by atoms with Gasteiger partial charge >= 0.3 is 0 Å². The number of nitrogens with zero attached hydrogens (tertiary/aromatic N) is 2. The molecule has 4 heteroatoms. The van der Waals surface area contributed by atoms with E-state index < -0.39 is 0 Å². The van der Waals surface area contributed by atoms with Crippen molar-refractivity contribution in [2.24, 2.45) is 0 Å². The van der Waals surface area contributed by atoms with E-state index >= 15 is 0 Å². The average Bonchev–Trinajstić information content (AvgIpc) is 2.77. The maximum absolute atomic E-state index is 9.00. The highest BCUT2D eigenvalue weighted by molar-refractivity contribution is 7.12. The van der Waals surface area contributed by atoms with E-state index in [4.69, 9.17) is 10.00 Å². The van der Waals surface area contributed by atoms with Gasteiger partial charge in [0.15, 0.2) is 0 Å². The summed E-state index contributed by atoms with van der Waals surface area (Å²) < 4.78 is 5.75. The highest BCUT2D eigenvalue weighted by atomic mass is 32.1. The van der Waals surface area contributed by atoms with Gasteiger partial charge in [0.1, 0.15) is 28.3 Å². The molecular formula is C15H16N2OS. The third-order valence-electron chi connectivity index (χ3n) is 2.74. The van der Waals surface area contributed by atoms with Gasteiger partial charge in [-0.3, -0.25) is 0 Å². The molecule has 0 radical (unpaired) electrons. The van der Waals surface area contributed by atoms with Crippen molar-refractivity contribution in [2.75, 3.05) is 0 Å². The number of thiazole rings is 1. The van der Waals surface area contributed by atoms with Crippen LogP contribution in [-0.2, 0) is 13.0 Å². The summed E-state index contributed by atoms with van der Waals surface area (Å²) >= 11 is 1.41. The summed E-state index contributed by atoms with van der Waals surface area (Å²) in [5.41, 5.74) is 3.23. The highest BCUT2D eigenvalue weighted by Gasteiger charge is 2.09. The van der Waals surface area contributed by atoms with E-state index in [-0.39, 0.29) is 0 Å². The predicted molar refractivity (Wildman–Crippen MR) is 76.5 cm³/mol. The summed E-state index contributed by atoms with van der Waals surface area (Å²) in [7, 11) is 0. The standard InChI is InChI=1S/C15H16N2OS/c1-4-13-14(8-16)19-15(17-13)9-18-12-6-10(2)5-11(3)7-12/h5-7H,4,9H2,1-3H3. The van der Waals surface area contributed by atoms with E-state index in [2.05, 4.69) is 17.1 Å². The van der Waals surface area contributed by atoms with Gasteiger partial charge in [-0.2, -0.15) is 5.26 Å². The van der Waals surface area contributed by atoms with Gasteiger partial charge in [-0.05, 0) is 43.5 Å². The van der Waals surface area contributed by atoms with E-state index in [0.29, 0.717) is 11.5 Å². The molecule has 0 aliphatic rings. The Kier molecular flexibility index (Phi) is 4.18. The lowest BCUT2D eigenvalue weighted by Crippen LogP contribution is -1.96. The van der Waals surface area contributed by atoms with Crippen LogP contribution in [0.4, 0.5) is 0 Å². The second kappa shape index (κ2) is 5.85. The normalized spacial score (nSPS) is 10.2. The fourth-order valence-electron chi connectivity index (χ4n) is 1.95. The Morgan fingerprint density at radius 3 is 2.47 bits per heavy atom. The van der Waals surface area contributed by atoms with Crippen molar-refractivity contribution < 1.29 is 4.74 Å². The fraction of sp³-hybridized carbons (Fsp3) is 0.333. The SMILES string of the molecule is CCc1nc(COc2cc(C)cc(C)c2)sc1C#N. The van der Waals surface area contributed by atoms with E-state index in [1.54, 1.807) is 0 Å². The molecule has 1 aromatic carbocycles. The molecule has 0 unspecified atom stereocenters. The maximum Gasteiger partial charge on any atom is 0.140 e. The molecule has 0 aliphatic heterocycles. The maximum atomic E-state index is 9.00. The predicted octanol–water partition coefficient (Wildman–Crippen LogP) is 3.77. The first-order valence-corrected chi connectivity index (χ1v) is 7.03. The Labute approximate surface area is 117 Å². The van der Waals surface area contributed by atoms with Gasteiger partial charge < -0.3 is 4.74 Å². The molecule has 3 nitrogen and oxygen atoms in total. The molecule has 1 heterocycles. The van der Waals surface area contributed by atoms with Crippen molar-refractivity contribution in [1.82, 2.24) is 4.98 Å². The van der Waals surface area contributed by atoms with Crippen molar-refractivity contribution in [3.63, 3.8) is 0 Å². The molecular weight excluding hydrogens is 256 g/mol. The van der Waals surface area contributed by atoms with Gasteiger partial charge in [0.2, 0.25) is 0 Å². The molecule has 0 saturated heterocycles. The minimum absolute atomic E-state index is 0.419. The van der Waals surface area contributed by atoms with Crippen LogP contribution in [0.25, 0.3) is 0 Å². The number of hydrogen-bond donors (Lipinski definition) is 0. The first-order chi connectivity index (χ1) is 9.12. The van der Waals surface area contributed by atoms with Gasteiger partial charge in [-0.1, -0.05) is 13.0 Å². The minimum atomic E-state index is 0.419. The third-order valence-corrected chi connectivity index (χ3v) is 3.71. The number of rotatable bonds is 4. The molecule has 0 saturated carbocycles. The first-order valence-electron chi connectivity index (χ1n) is 6.22. The number of benzene rings is 1. The second-order valence-electron chi connectivity index (χ2n) is 4.46. The topological polar surface area (TPSA) is 45.9 Å². The van der Waals surface area contributed by atoms with Crippen LogP contribution in [0.2, 0.25) is 0 Å². The molecule has 0 fully saturated rings. The van der Waals surface area contributed by atoms with Crippen molar-refractivity contribution in [1.29, 1.82) is 5.26 Å². The van der Waals surface area contributed by atoms with Crippen molar-refractivity contribution in [3.05, 3.63) is 44.9 Å². The molecule has 0 amide bonds. The summed E-state index contributed by atoms with van der Waals surface area (Å²) in [6, 6.07) is 8.31. The van der Waals surface area contributed by atoms with Gasteiger partial charge in [-0.25, -0.2) is 4.98 Å². The molecule has 2 rings (SSSR count). The average molecular weight is 272 g/mol. The molecule has 19 heavy (non-hydrogen) atoms. The van der Waals surface area contributed by atoms with Crippen LogP contribution in [0, 0.1) is 25.2 Å². The van der Waals surface area contributed by atoms with E-state index in [1.165, 1.54) is 22.5 Å². The van der Waals surface area contributed by atoms with E-state index in [1.807, 2.05) is 32.9 Å². The molecule has 2 aromatic rings. The minimum Gasteiger partial charge on any atom is -0.486 e. The number of aryl methyl sites for hydroxylation is 3. The van der Waals surface area contributed by atoms with Crippen molar-refractivity contribution in [3.8, 4) is 11.8 Å². The molecule has 0 atom stereocenters. The summed E-state index contributed by atoms with van der Waals surface area (Å²) in [4.78, 5) is 5.13. The Hall–Kier alpha value is -1.86. The molecule has 0 bridgehead atoms. The zero-order valence-electron chi connectivity index (χ0n) is 11.4. The Bertz CT molecular complexity index is 605. The monoisotopic (exact) mass is 272 g/mol. The Balaban J connectivity index is 2.10. The van der Waals surface area contributed by atoms with Crippen LogP contribution < -0.4 is 4.74 Å². The summed E-state index contributed by atoms with van der Waals surface area (Å²) in [6.07, 6.45) is 0.781. The van der Waals surface area contributed by atoms with Crippen LogP contribution in [0.1, 0.15) is 33.6 Å². The van der Waals surface area contributed by atoms with E-state index in [9.17, 15) is 0 Å². The highest BCUT2D eigenvalue weighted by Crippen LogP contribution is 2.21.